The number of carbonyl (C=O) groups excluding carboxylic acids is 1. The van der Waals surface area contributed by atoms with Gasteiger partial charge in [-0.1, -0.05) is 5.16 Å². The normalized spacial score (nSPS) is 11.3. The molecule has 0 aliphatic heterocycles. The fourth-order valence-corrected chi connectivity index (χ4v) is 1.33. The van der Waals surface area contributed by atoms with E-state index in [9.17, 15) is 9.59 Å². The summed E-state index contributed by atoms with van der Waals surface area (Å²) in [4.78, 5) is 26.4. The fraction of sp³-hybridized carbons (Fsp3) is 0.667. The van der Waals surface area contributed by atoms with Gasteiger partial charge in [0, 0.05) is 19.4 Å². The molecule has 0 atom stereocenters. The van der Waals surface area contributed by atoms with Crippen molar-refractivity contribution < 1.29 is 19.2 Å². The average Bonchev–Trinajstić information content (AvgIpc) is 2.72. The molecule has 0 bridgehead atoms. The smallest absolute Gasteiger partial charge is 0.310 e. The SMILES string of the molecule is Cc1noc(CCCC(=O)NCC(C)(C)C(=O)O)n1. The highest BCUT2D eigenvalue weighted by Gasteiger charge is 2.27. The first-order valence-electron chi connectivity index (χ1n) is 6.10. The highest BCUT2D eigenvalue weighted by Crippen LogP contribution is 2.13. The molecule has 0 radical (unpaired) electrons. The molecule has 2 N–H and O–H groups in total. The molecule has 0 fully saturated rings. The van der Waals surface area contributed by atoms with Crippen LogP contribution in [0.1, 0.15) is 38.4 Å². The number of aromatic nitrogens is 2. The summed E-state index contributed by atoms with van der Waals surface area (Å²) in [5.74, 6) is -0.0291. The van der Waals surface area contributed by atoms with Crippen LogP contribution in [0, 0.1) is 12.3 Å². The van der Waals surface area contributed by atoms with E-state index in [2.05, 4.69) is 15.5 Å². The van der Waals surface area contributed by atoms with Crippen molar-refractivity contribution >= 4 is 11.9 Å². The molecule has 19 heavy (non-hydrogen) atoms. The van der Waals surface area contributed by atoms with E-state index < -0.39 is 11.4 Å². The number of nitrogens with one attached hydrogen (secondary N) is 1. The third kappa shape index (κ3) is 5.07. The number of rotatable bonds is 7. The third-order valence-electron chi connectivity index (χ3n) is 2.67. The molecule has 1 rings (SSSR count). The zero-order valence-corrected chi connectivity index (χ0v) is 11.4. The van der Waals surface area contributed by atoms with Crippen LogP contribution < -0.4 is 5.32 Å². The Labute approximate surface area is 111 Å². The minimum Gasteiger partial charge on any atom is -0.481 e. The lowest BCUT2D eigenvalue weighted by molar-refractivity contribution is -0.146. The molecular formula is C12H19N3O4. The maximum atomic E-state index is 11.5. The molecule has 0 aliphatic rings. The molecule has 106 valence electrons. The predicted molar refractivity (Wildman–Crippen MR) is 66.4 cm³/mol. The van der Waals surface area contributed by atoms with Crippen LogP contribution in [0.4, 0.5) is 0 Å². The minimum atomic E-state index is -0.959. The first-order valence-corrected chi connectivity index (χ1v) is 6.10. The second-order valence-corrected chi connectivity index (χ2v) is 5.05. The standard InChI is InChI=1S/C12H19N3O4/c1-8-14-10(19-15-8)6-4-5-9(16)13-7-12(2,3)11(17)18/h4-7H2,1-3H3,(H,13,16)(H,17,18). The molecule has 0 aliphatic carbocycles. The summed E-state index contributed by atoms with van der Waals surface area (Å²) in [5.41, 5.74) is -0.959. The van der Waals surface area contributed by atoms with Gasteiger partial charge in [-0.3, -0.25) is 9.59 Å². The van der Waals surface area contributed by atoms with Gasteiger partial charge in [-0.2, -0.15) is 4.98 Å². The molecule has 7 nitrogen and oxygen atoms in total. The van der Waals surface area contributed by atoms with Gasteiger partial charge in [0.25, 0.3) is 0 Å². The highest BCUT2D eigenvalue weighted by atomic mass is 16.5. The Morgan fingerprint density at radius 2 is 2.11 bits per heavy atom. The van der Waals surface area contributed by atoms with Crippen molar-refractivity contribution in [3.63, 3.8) is 0 Å². The molecule has 0 aromatic carbocycles. The highest BCUT2D eigenvalue weighted by molar-refractivity contribution is 5.78. The first-order chi connectivity index (χ1) is 8.81. The lowest BCUT2D eigenvalue weighted by Crippen LogP contribution is -2.38. The van der Waals surface area contributed by atoms with Crippen LogP contribution >= 0.6 is 0 Å². The third-order valence-corrected chi connectivity index (χ3v) is 2.67. The molecule has 1 heterocycles. The maximum Gasteiger partial charge on any atom is 0.310 e. The Morgan fingerprint density at radius 1 is 1.42 bits per heavy atom. The van der Waals surface area contributed by atoms with E-state index in [0.717, 1.165) is 0 Å². The Kier molecular flexibility index (Phi) is 5.02. The van der Waals surface area contributed by atoms with Gasteiger partial charge in [0.15, 0.2) is 5.82 Å². The number of carboxylic acid groups (broad SMARTS) is 1. The van der Waals surface area contributed by atoms with Crippen LogP contribution in [-0.4, -0.2) is 33.7 Å². The molecule has 0 unspecified atom stereocenters. The number of nitrogens with zero attached hydrogens (tertiary/aromatic N) is 2. The van der Waals surface area contributed by atoms with Crippen LogP contribution in [0.2, 0.25) is 0 Å². The number of hydrogen-bond acceptors (Lipinski definition) is 5. The van der Waals surface area contributed by atoms with Crippen molar-refractivity contribution in [2.75, 3.05) is 6.54 Å². The van der Waals surface area contributed by atoms with Crippen molar-refractivity contribution in [3.8, 4) is 0 Å². The van der Waals surface area contributed by atoms with E-state index in [0.29, 0.717) is 31.0 Å². The number of carbonyl (C=O) groups is 2. The topological polar surface area (TPSA) is 105 Å². The molecule has 0 spiro atoms. The van der Waals surface area contributed by atoms with Crippen molar-refractivity contribution in [2.45, 2.75) is 40.0 Å². The zero-order chi connectivity index (χ0) is 14.5. The Balaban J connectivity index is 2.23. The van der Waals surface area contributed by atoms with Crippen LogP contribution in [0.5, 0.6) is 0 Å². The number of carboxylic acids is 1. The lowest BCUT2D eigenvalue weighted by Gasteiger charge is -2.19. The van der Waals surface area contributed by atoms with Crippen LogP contribution in [-0.2, 0) is 16.0 Å². The number of aliphatic carboxylic acids is 1. The van der Waals surface area contributed by atoms with E-state index in [1.165, 1.54) is 0 Å². The van der Waals surface area contributed by atoms with E-state index in [1.54, 1.807) is 20.8 Å². The van der Waals surface area contributed by atoms with Gasteiger partial charge in [-0.05, 0) is 27.2 Å². The fourth-order valence-electron chi connectivity index (χ4n) is 1.33. The number of aryl methyl sites for hydroxylation is 2. The van der Waals surface area contributed by atoms with Gasteiger partial charge < -0.3 is 14.9 Å². The predicted octanol–water partition coefficient (Wildman–Crippen LogP) is 0.928. The van der Waals surface area contributed by atoms with Crippen molar-refractivity contribution in [2.24, 2.45) is 5.41 Å². The molecular weight excluding hydrogens is 250 g/mol. The van der Waals surface area contributed by atoms with Gasteiger partial charge >= 0.3 is 5.97 Å². The summed E-state index contributed by atoms with van der Waals surface area (Å²) in [6, 6.07) is 0. The second-order valence-electron chi connectivity index (χ2n) is 5.05. The molecule has 1 amide bonds. The number of hydrogen-bond donors (Lipinski definition) is 2. The van der Waals surface area contributed by atoms with Crippen molar-refractivity contribution in [1.82, 2.24) is 15.5 Å². The summed E-state index contributed by atoms with van der Waals surface area (Å²) in [6.45, 7) is 4.97. The molecule has 7 heteroatoms. The van der Waals surface area contributed by atoms with Crippen molar-refractivity contribution in [3.05, 3.63) is 11.7 Å². The lowest BCUT2D eigenvalue weighted by atomic mass is 9.94. The molecule has 1 aromatic rings. The second kappa shape index (κ2) is 6.31. The van der Waals surface area contributed by atoms with E-state index >= 15 is 0 Å². The monoisotopic (exact) mass is 269 g/mol. The summed E-state index contributed by atoms with van der Waals surface area (Å²) < 4.78 is 4.92. The van der Waals surface area contributed by atoms with Gasteiger partial charge in [0.1, 0.15) is 0 Å². The van der Waals surface area contributed by atoms with Gasteiger partial charge in [-0.15, -0.1) is 0 Å². The maximum absolute atomic E-state index is 11.5. The Hall–Kier alpha value is -1.92. The zero-order valence-electron chi connectivity index (χ0n) is 11.4. The van der Waals surface area contributed by atoms with E-state index in [1.807, 2.05) is 0 Å². The Morgan fingerprint density at radius 3 is 2.63 bits per heavy atom. The summed E-state index contributed by atoms with van der Waals surface area (Å²) >= 11 is 0. The molecule has 0 saturated carbocycles. The van der Waals surface area contributed by atoms with Crippen molar-refractivity contribution in [1.29, 1.82) is 0 Å². The van der Waals surface area contributed by atoms with Gasteiger partial charge in [-0.25, -0.2) is 0 Å². The van der Waals surface area contributed by atoms with Crippen LogP contribution in [0.3, 0.4) is 0 Å². The summed E-state index contributed by atoms with van der Waals surface area (Å²) in [6.07, 6.45) is 1.43. The van der Waals surface area contributed by atoms with Crippen LogP contribution in [0.15, 0.2) is 4.52 Å². The number of amides is 1. The quantitative estimate of drug-likeness (QED) is 0.762. The average molecular weight is 269 g/mol. The minimum absolute atomic E-state index is 0.112. The molecule has 0 saturated heterocycles. The molecule has 1 aromatic heterocycles. The largest absolute Gasteiger partial charge is 0.481 e. The summed E-state index contributed by atoms with van der Waals surface area (Å²) in [5, 5.41) is 15.2. The van der Waals surface area contributed by atoms with Gasteiger partial charge in [0.05, 0.1) is 5.41 Å². The van der Waals surface area contributed by atoms with Gasteiger partial charge in [0.2, 0.25) is 11.8 Å². The van der Waals surface area contributed by atoms with E-state index in [-0.39, 0.29) is 12.5 Å². The summed E-state index contributed by atoms with van der Waals surface area (Å²) in [7, 11) is 0. The van der Waals surface area contributed by atoms with E-state index in [4.69, 9.17) is 9.63 Å². The Bertz CT molecular complexity index is 454. The first kappa shape index (κ1) is 15.1. The van der Waals surface area contributed by atoms with Crippen LogP contribution in [0.25, 0.3) is 0 Å².